The van der Waals surface area contributed by atoms with Gasteiger partial charge in [-0.25, -0.2) is 13.9 Å². The van der Waals surface area contributed by atoms with Crippen LogP contribution in [-0.4, -0.2) is 32.4 Å². The summed E-state index contributed by atoms with van der Waals surface area (Å²) in [6.07, 6.45) is 3.25. The summed E-state index contributed by atoms with van der Waals surface area (Å²) in [6.45, 7) is 1.80. The molecular formula is C24H21F2N5O2. The van der Waals surface area contributed by atoms with Crippen molar-refractivity contribution in [2.75, 3.05) is 5.32 Å². The van der Waals surface area contributed by atoms with Crippen LogP contribution in [0.25, 0.3) is 10.8 Å². The number of nitrogens with zero attached hydrogens (tertiary/aromatic N) is 3. The Morgan fingerprint density at radius 2 is 1.79 bits per heavy atom. The van der Waals surface area contributed by atoms with Crippen molar-refractivity contribution >= 4 is 28.2 Å². The number of H-pyrrole nitrogens is 1. The fourth-order valence-electron chi connectivity index (χ4n) is 5.62. The molecule has 3 aromatic rings. The predicted octanol–water partition coefficient (Wildman–Crippen LogP) is 3.98. The number of amides is 1. The van der Waals surface area contributed by atoms with E-state index in [1.54, 1.807) is 24.0 Å². The number of benzene rings is 2. The highest BCUT2D eigenvalue weighted by molar-refractivity contribution is 6.09. The molecule has 0 bridgehead atoms. The van der Waals surface area contributed by atoms with Crippen molar-refractivity contribution in [1.29, 1.82) is 0 Å². The Kier molecular flexibility index (Phi) is 4.21. The molecule has 33 heavy (non-hydrogen) atoms. The fraction of sp³-hybridized carbons (Fsp3) is 0.333. The number of nitrogens with one attached hydrogen (secondary N) is 2. The molecule has 1 aliphatic carbocycles. The average Bonchev–Trinajstić information content (AvgIpc) is 3.35. The smallest absolute Gasteiger partial charge is 0.272 e. The van der Waals surface area contributed by atoms with E-state index >= 15 is 0 Å². The van der Waals surface area contributed by atoms with Gasteiger partial charge in [0.1, 0.15) is 29.1 Å². The monoisotopic (exact) mass is 449 g/mol. The van der Waals surface area contributed by atoms with E-state index in [1.807, 2.05) is 0 Å². The Morgan fingerprint density at radius 3 is 2.52 bits per heavy atom. The standard InChI is InChI=1S/C24H21F2N5O2/c1-12-28-24(8-2-3-9-24)23(33)31(12)21-19(13-4-6-14(25)7-5-13)27-17-11-15(26)10-16-18(17)20(21)29-30-22(16)32/h4-7,10-11,19,21,27H,2-3,8-9H2,1H3,(H,30,32). The quantitative estimate of drug-likeness (QED) is 0.619. The van der Waals surface area contributed by atoms with Crippen molar-refractivity contribution in [3.8, 4) is 0 Å². The summed E-state index contributed by atoms with van der Waals surface area (Å²) >= 11 is 0. The number of carbonyl (C=O) groups is 1. The molecule has 2 aliphatic heterocycles. The number of carbonyl (C=O) groups excluding carboxylic acids is 1. The van der Waals surface area contributed by atoms with Crippen LogP contribution in [0.4, 0.5) is 14.5 Å². The zero-order valence-corrected chi connectivity index (χ0v) is 17.9. The van der Waals surface area contributed by atoms with E-state index in [2.05, 4.69) is 15.5 Å². The molecule has 6 rings (SSSR count). The van der Waals surface area contributed by atoms with Crippen LogP contribution in [-0.2, 0) is 4.79 Å². The van der Waals surface area contributed by atoms with Crippen molar-refractivity contribution in [2.45, 2.75) is 50.2 Å². The van der Waals surface area contributed by atoms with Gasteiger partial charge in [-0.3, -0.25) is 19.5 Å². The van der Waals surface area contributed by atoms with Crippen molar-refractivity contribution in [2.24, 2.45) is 4.99 Å². The third-order valence-corrected chi connectivity index (χ3v) is 7.07. The molecule has 0 radical (unpaired) electrons. The maximum absolute atomic E-state index is 14.4. The third kappa shape index (κ3) is 2.84. The van der Waals surface area contributed by atoms with Gasteiger partial charge in [-0.05, 0) is 49.6 Å². The number of aliphatic imine (C=N–C) groups is 1. The number of aromatic amines is 1. The number of rotatable bonds is 2. The minimum absolute atomic E-state index is 0.0943. The molecule has 1 fully saturated rings. The van der Waals surface area contributed by atoms with Crippen molar-refractivity contribution in [3.63, 3.8) is 0 Å². The molecule has 1 amide bonds. The number of halogens is 2. The molecule has 168 valence electrons. The van der Waals surface area contributed by atoms with Crippen LogP contribution >= 0.6 is 0 Å². The highest BCUT2D eigenvalue weighted by atomic mass is 19.1. The molecule has 7 nitrogen and oxygen atoms in total. The van der Waals surface area contributed by atoms with E-state index in [9.17, 15) is 18.4 Å². The van der Waals surface area contributed by atoms with Gasteiger partial charge in [0.2, 0.25) is 0 Å². The first-order chi connectivity index (χ1) is 15.9. The van der Waals surface area contributed by atoms with Gasteiger partial charge in [-0.2, -0.15) is 5.10 Å². The molecule has 1 aromatic heterocycles. The molecule has 2 atom stereocenters. The lowest BCUT2D eigenvalue weighted by Gasteiger charge is -2.40. The average molecular weight is 449 g/mol. The fourth-order valence-corrected chi connectivity index (χ4v) is 5.62. The highest BCUT2D eigenvalue weighted by Gasteiger charge is 2.53. The van der Waals surface area contributed by atoms with E-state index in [-0.39, 0.29) is 17.1 Å². The number of anilines is 1. The van der Waals surface area contributed by atoms with E-state index in [0.717, 1.165) is 12.8 Å². The van der Waals surface area contributed by atoms with Crippen LogP contribution < -0.4 is 10.9 Å². The Morgan fingerprint density at radius 1 is 1.06 bits per heavy atom. The normalized spacial score (nSPS) is 23.3. The van der Waals surface area contributed by atoms with Crippen LogP contribution in [0.2, 0.25) is 0 Å². The lowest BCUT2D eigenvalue weighted by atomic mass is 9.87. The van der Waals surface area contributed by atoms with Gasteiger partial charge in [0.05, 0.1) is 17.1 Å². The lowest BCUT2D eigenvalue weighted by Crippen LogP contribution is -2.47. The van der Waals surface area contributed by atoms with Gasteiger partial charge in [0.15, 0.2) is 0 Å². The summed E-state index contributed by atoms with van der Waals surface area (Å²) in [5.41, 5.74) is 0.277. The topological polar surface area (TPSA) is 90.5 Å². The number of aromatic nitrogens is 2. The lowest BCUT2D eigenvalue weighted by molar-refractivity contribution is -0.133. The van der Waals surface area contributed by atoms with Gasteiger partial charge in [0, 0.05) is 11.1 Å². The first-order valence-corrected chi connectivity index (χ1v) is 11.0. The second kappa shape index (κ2) is 6.94. The second-order valence-corrected chi connectivity index (χ2v) is 9.01. The van der Waals surface area contributed by atoms with Crippen LogP contribution in [0.3, 0.4) is 0 Å². The van der Waals surface area contributed by atoms with E-state index in [4.69, 9.17) is 4.99 Å². The summed E-state index contributed by atoms with van der Waals surface area (Å²) < 4.78 is 28.1. The Bertz CT molecular complexity index is 1390. The van der Waals surface area contributed by atoms with Crippen LogP contribution in [0.5, 0.6) is 0 Å². The molecule has 0 saturated heterocycles. The Labute approximate surface area is 187 Å². The second-order valence-electron chi connectivity index (χ2n) is 9.01. The first kappa shape index (κ1) is 20.0. The summed E-state index contributed by atoms with van der Waals surface area (Å²) in [4.78, 5) is 32.7. The van der Waals surface area contributed by atoms with Crippen LogP contribution in [0.15, 0.2) is 46.2 Å². The minimum Gasteiger partial charge on any atom is -0.375 e. The molecule has 3 aliphatic rings. The molecule has 2 N–H and O–H groups in total. The van der Waals surface area contributed by atoms with Crippen LogP contribution in [0.1, 0.15) is 55.9 Å². The summed E-state index contributed by atoms with van der Waals surface area (Å²) in [5.74, 6) is -0.471. The first-order valence-electron chi connectivity index (χ1n) is 11.0. The Hall–Kier alpha value is -3.62. The summed E-state index contributed by atoms with van der Waals surface area (Å²) in [5, 5.41) is 10.7. The molecule has 1 spiro atoms. The predicted molar refractivity (Wildman–Crippen MR) is 119 cm³/mol. The van der Waals surface area contributed by atoms with Crippen molar-refractivity contribution in [3.05, 3.63) is 69.6 Å². The van der Waals surface area contributed by atoms with Crippen LogP contribution in [0, 0.1) is 11.6 Å². The minimum atomic E-state index is -0.762. The van der Waals surface area contributed by atoms with Gasteiger partial charge in [-0.15, -0.1) is 0 Å². The number of hydrogen-bond acceptors (Lipinski definition) is 5. The largest absolute Gasteiger partial charge is 0.375 e. The summed E-state index contributed by atoms with van der Waals surface area (Å²) in [7, 11) is 0. The van der Waals surface area contributed by atoms with Gasteiger partial charge in [0.25, 0.3) is 11.5 Å². The van der Waals surface area contributed by atoms with E-state index < -0.39 is 29.0 Å². The molecular weight excluding hydrogens is 428 g/mol. The van der Waals surface area contributed by atoms with E-state index in [0.29, 0.717) is 41.0 Å². The summed E-state index contributed by atoms with van der Waals surface area (Å²) in [6, 6.07) is 7.20. The maximum Gasteiger partial charge on any atom is 0.272 e. The molecule has 2 unspecified atom stereocenters. The number of hydrogen-bond donors (Lipinski definition) is 2. The molecule has 1 saturated carbocycles. The van der Waals surface area contributed by atoms with E-state index in [1.165, 1.54) is 24.3 Å². The zero-order valence-electron chi connectivity index (χ0n) is 17.9. The highest BCUT2D eigenvalue weighted by Crippen LogP contribution is 2.49. The Balaban J connectivity index is 1.59. The van der Waals surface area contributed by atoms with Gasteiger partial charge < -0.3 is 5.32 Å². The molecule has 9 heteroatoms. The van der Waals surface area contributed by atoms with Gasteiger partial charge >= 0.3 is 0 Å². The van der Waals surface area contributed by atoms with Gasteiger partial charge in [-0.1, -0.05) is 25.0 Å². The van der Waals surface area contributed by atoms with Crippen molar-refractivity contribution < 1.29 is 13.6 Å². The molecule has 2 aromatic carbocycles. The third-order valence-electron chi connectivity index (χ3n) is 7.07. The zero-order chi connectivity index (χ0) is 22.9. The van der Waals surface area contributed by atoms with Crippen molar-refractivity contribution in [1.82, 2.24) is 15.1 Å². The molecule has 3 heterocycles. The number of amidine groups is 1. The maximum atomic E-state index is 14.4. The SMILES string of the molecule is CC1=NC2(CCCC2)C(=O)N1C1c2n[nH]c(=O)c3cc(F)cc(c23)NC1c1ccc(F)cc1.